The van der Waals surface area contributed by atoms with Crippen LogP contribution in [0.4, 0.5) is 13.2 Å². The lowest BCUT2D eigenvalue weighted by molar-refractivity contribution is -0.274. The number of fused-ring (bicyclic) bond motifs is 1. The maximum atomic E-state index is 13.9. The Balaban J connectivity index is 1.43. The molecule has 0 aliphatic rings. The molecule has 6 rings (SSSR count). The quantitative estimate of drug-likeness (QED) is 0.222. The SMILES string of the molecule is COc1ccc(Cn2cc(-c3cn(-c4ccc(OC(F)(F)F)cc4)c(=O)c4c3cnn4Cc3ccccc3)cn2)cc1. The molecule has 0 saturated heterocycles. The van der Waals surface area contributed by atoms with Gasteiger partial charge in [0.1, 0.15) is 17.0 Å². The highest BCUT2D eigenvalue weighted by atomic mass is 19.4. The van der Waals surface area contributed by atoms with Crippen molar-refractivity contribution in [3.8, 4) is 28.3 Å². The normalized spacial score (nSPS) is 11.6. The molecule has 3 aromatic heterocycles. The number of halogens is 3. The van der Waals surface area contributed by atoms with Gasteiger partial charge in [-0.3, -0.25) is 18.7 Å². The first kappa shape index (κ1) is 26.9. The van der Waals surface area contributed by atoms with E-state index in [-0.39, 0.29) is 11.3 Å². The van der Waals surface area contributed by atoms with E-state index in [0.717, 1.165) is 22.4 Å². The molecule has 0 spiro atoms. The Morgan fingerprint density at radius 1 is 0.786 bits per heavy atom. The minimum atomic E-state index is -4.82. The van der Waals surface area contributed by atoms with Crippen LogP contribution in [0.25, 0.3) is 27.7 Å². The van der Waals surface area contributed by atoms with Gasteiger partial charge >= 0.3 is 6.36 Å². The van der Waals surface area contributed by atoms with Gasteiger partial charge < -0.3 is 9.47 Å². The minimum absolute atomic E-state index is 0.356. The van der Waals surface area contributed by atoms with E-state index in [1.165, 1.54) is 28.8 Å². The molecule has 3 heterocycles. The van der Waals surface area contributed by atoms with Gasteiger partial charge in [0.2, 0.25) is 0 Å². The van der Waals surface area contributed by atoms with Crippen LogP contribution in [-0.2, 0) is 13.1 Å². The number of methoxy groups -OCH3 is 1. The molecular weight excluding hydrogens is 547 g/mol. The van der Waals surface area contributed by atoms with Crippen LogP contribution in [0.1, 0.15) is 11.1 Å². The Morgan fingerprint density at radius 3 is 2.17 bits per heavy atom. The lowest BCUT2D eigenvalue weighted by Crippen LogP contribution is -2.21. The van der Waals surface area contributed by atoms with Crippen molar-refractivity contribution in [2.24, 2.45) is 0 Å². The average Bonchev–Trinajstić information content (AvgIpc) is 3.62. The van der Waals surface area contributed by atoms with Crippen molar-refractivity contribution in [1.82, 2.24) is 24.1 Å². The third-order valence-electron chi connectivity index (χ3n) is 6.78. The van der Waals surface area contributed by atoms with E-state index in [1.54, 1.807) is 35.1 Å². The van der Waals surface area contributed by atoms with Gasteiger partial charge in [-0.1, -0.05) is 42.5 Å². The van der Waals surface area contributed by atoms with Crippen LogP contribution in [0, 0.1) is 0 Å². The second-order valence-electron chi connectivity index (χ2n) is 9.58. The first-order valence-corrected chi connectivity index (χ1v) is 12.9. The fourth-order valence-electron chi connectivity index (χ4n) is 4.79. The molecule has 42 heavy (non-hydrogen) atoms. The summed E-state index contributed by atoms with van der Waals surface area (Å²) in [5, 5.41) is 9.70. The van der Waals surface area contributed by atoms with Gasteiger partial charge in [0.05, 0.1) is 32.6 Å². The Bertz CT molecular complexity index is 1890. The number of benzene rings is 3. The minimum Gasteiger partial charge on any atom is -0.497 e. The summed E-state index contributed by atoms with van der Waals surface area (Å²) in [4.78, 5) is 13.9. The van der Waals surface area contributed by atoms with Gasteiger partial charge in [-0.05, 0) is 47.5 Å². The van der Waals surface area contributed by atoms with Gasteiger partial charge in [0.15, 0.2) is 0 Å². The van der Waals surface area contributed by atoms with Gasteiger partial charge in [-0.25, -0.2) is 0 Å². The highest BCUT2D eigenvalue weighted by Crippen LogP contribution is 2.29. The first-order chi connectivity index (χ1) is 20.3. The number of ether oxygens (including phenoxy) is 2. The maximum absolute atomic E-state index is 13.9. The van der Waals surface area contributed by atoms with Crippen molar-refractivity contribution in [3.63, 3.8) is 0 Å². The van der Waals surface area contributed by atoms with Crippen LogP contribution >= 0.6 is 0 Å². The third-order valence-corrected chi connectivity index (χ3v) is 6.78. The summed E-state index contributed by atoms with van der Waals surface area (Å²) in [6.45, 7) is 0.874. The predicted molar refractivity (Wildman–Crippen MR) is 151 cm³/mol. The molecule has 0 radical (unpaired) electrons. The molecule has 0 aliphatic carbocycles. The summed E-state index contributed by atoms with van der Waals surface area (Å²) in [7, 11) is 1.61. The average molecular weight is 572 g/mol. The summed E-state index contributed by atoms with van der Waals surface area (Å²) in [6.07, 6.45) is 2.08. The van der Waals surface area contributed by atoms with Gasteiger partial charge in [0.25, 0.3) is 5.56 Å². The van der Waals surface area contributed by atoms with Crippen molar-refractivity contribution in [2.75, 3.05) is 7.11 Å². The Hall–Kier alpha value is -5.32. The smallest absolute Gasteiger partial charge is 0.497 e. The Labute approximate surface area is 237 Å². The van der Waals surface area contributed by atoms with Crippen molar-refractivity contribution in [3.05, 3.63) is 125 Å². The van der Waals surface area contributed by atoms with Crippen LogP contribution in [0.5, 0.6) is 11.5 Å². The predicted octanol–water partition coefficient (Wildman–Crippen LogP) is 6.05. The lowest BCUT2D eigenvalue weighted by Gasteiger charge is -2.13. The molecule has 6 aromatic rings. The molecule has 0 fully saturated rings. The second kappa shape index (κ2) is 10.9. The molecule has 8 nitrogen and oxygen atoms in total. The summed E-state index contributed by atoms with van der Waals surface area (Å²) in [5.74, 6) is 0.379. The number of nitrogens with zero attached hydrogens (tertiary/aromatic N) is 5. The maximum Gasteiger partial charge on any atom is 0.573 e. The fraction of sp³-hybridized carbons (Fsp3) is 0.129. The number of hydrogen-bond acceptors (Lipinski definition) is 5. The van der Waals surface area contributed by atoms with Crippen molar-refractivity contribution < 1.29 is 22.6 Å². The van der Waals surface area contributed by atoms with Gasteiger partial charge in [0, 0.05) is 34.6 Å². The molecule has 0 aliphatic heterocycles. The zero-order valence-electron chi connectivity index (χ0n) is 22.3. The summed E-state index contributed by atoms with van der Waals surface area (Å²) in [5.41, 5.74) is 3.79. The topological polar surface area (TPSA) is 76.1 Å². The monoisotopic (exact) mass is 571 g/mol. The third kappa shape index (κ3) is 5.62. The molecule has 0 amide bonds. The highest BCUT2D eigenvalue weighted by molar-refractivity contribution is 5.93. The Morgan fingerprint density at radius 2 is 1.48 bits per heavy atom. The zero-order valence-corrected chi connectivity index (χ0v) is 22.3. The zero-order chi connectivity index (χ0) is 29.3. The first-order valence-electron chi connectivity index (χ1n) is 12.9. The Kier molecular flexibility index (Phi) is 6.99. The number of hydrogen-bond donors (Lipinski definition) is 0. The summed E-state index contributed by atoms with van der Waals surface area (Å²) in [6, 6.07) is 22.4. The van der Waals surface area contributed by atoms with Crippen LogP contribution in [0.3, 0.4) is 0 Å². The summed E-state index contributed by atoms with van der Waals surface area (Å²) >= 11 is 0. The van der Waals surface area contributed by atoms with E-state index in [4.69, 9.17) is 4.74 Å². The molecule has 0 saturated carbocycles. The molecule has 0 N–H and O–H groups in total. The molecule has 0 atom stereocenters. The van der Waals surface area contributed by atoms with E-state index in [9.17, 15) is 18.0 Å². The lowest BCUT2D eigenvalue weighted by atomic mass is 10.1. The number of aromatic nitrogens is 5. The van der Waals surface area contributed by atoms with Gasteiger partial charge in [-0.15, -0.1) is 13.2 Å². The number of pyridine rings is 1. The molecule has 11 heteroatoms. The van der Waals surface area contributed by atoms with E-state index < -0.39 is 6.36 Å². The van der Waals surface area contributed by atoms with Crippen LogP contribution in [-0.4, -0.2) is 37.6 Å². The highest BCUT2D eigenvalue weighted by Gasteiger charge is 2.31. The fourth-order valence-corrected chi connectivity index (χ4v) is 4.79. The van der Waals surface area contributed by atoms with E-state index >= 15 is 0 Å². The van der Waals surface area contributed by atoms with Crippen LogP contribution in [0.15, 0.2) is 108 Å². The van der Waals surface area contributed by atoms with Crippen LogP contribution in [0.2, 0.25) is 0 Å². The standard InChI is InChI=1S/C31H24F3N5O3/c1-41-25-11-7-22(8-12-25)17-37-19-23(15-35-37)28-20-38(24-9-13-26(14-10-24)42-31(32,33)34)30(40)29-27(28)16-36-39(29)18-21-5-3-2-4-6-21/h2-16,19-20H,17-18H2,1H3. The molecule has 0 bridgehead atoms. The summed E-state index contributed by atoms with van der Waals surface area (Å²) < 4.78 is 52.2. The second-order valence-corrected chi connectivity index (χ2v) is 9.58. The van der Waals surface area contributed by atoms with E-state index in [2.05, 4.69) is 14.9 Å². The van der Waals surface area contributed by atoms with E-state index in [0.29, 0.717) is 35.2 Å². The molecule has 0 unspecified atom stereocenters. The number of alkyl halides is 3. The number of rotatable bonds is 8. The van der Waals surface area contributed by atoms with Crippen LogP contribution < -0.4 is 15.0 Å². The van der Waals surface area contributed by atoms with Crippen molar-refractivity contribution in [2.45, 2.75) is 19.5 Å². The van der Waals surface area contributed by atoms with Gasteiger partial charge in [-0.2, -0.15) is 10.2 Å². The molecular formula is C31H24F3N5O3. The molecule has 3 aromatic carbocycles. The largest absolute Gasteiger partial charge is 0.573 e. The molecule has 212 valence electrons. The van der Waals surface area contributed by atoms with E-state index in [1.807, 2.05) is 60.8 Å². The van der Waals surface area contributed by atoms with Crippen molar-refractivity contribution in [1.29, 1.82) is 0 Å². The van der Waals surface area contributed by atoms with Crippen molar-refractivity contribution >= 4 is 10.9 Å².